The minimum Gasteiger partial charge on any atom is -0.309 e. The summed E-state index contributed by atoms with van der Waals surface area (Å²) in [6.45, 7) is 21.2. The summed E-state index contributed by atoms with van der Waals surface area (Å²) in [4.78, 5) is 0. The van der Waals surface area contributed by atoms with Crippen LogP contribution in [-0.4, -0.2) is 13.4 Å². The molecule has 5 heterocycles. The number of aromatic nitrogens is 3. The van der Waals surface area contributed by atoms with Crippen molar-refractivity contribution in [1.82, 2.24) is 13.4 Å². The SMILES string of the molecule is CC(C)(C)c1cc(-c2ccc3c(c2)c2ccccc2n3-c2ccccc2)c2c(c1)c1cc(C(C)(C)C)cc3c4cc5c(cc4n2c31)c1cc(C(C)(C)C)cc2c3cc4ccccc4cc3n5c21. The molecule has 0 bridgehead atoms. The molecule has 0 amide bonds. The van der Waals surface area contributed by atoms with Gasteiger partial charge in [-0.15, -0.1) is 0 Å². The van der Waals surface area contributed by atoms with E-state index in [1.165, 1.54) is 142 Å². The Morgan fingerprint density at radius 1 is 0.299 bits per heavy atom. The first-order chi connectivity index (χ1) is 32.1. The summed E-state index contributed by atoms with van der Waals surface area (Å²) in [7, 11) is 0. The van der Waals surface area contributed by atoms with Gasteiger partial charge in [0.15, 0.2) is 0 Å². The molecule has 3 heteroatoms. The average Bonchev–Trinajstić information content (AvgIpc) is 4.09. The lowest BCUT2D eigenvalue weighted by atomic mass is 9.83. The van der Waals surface area contributed by atoms with Gasteiger partial charge in [-0.2, -0.15) is 0 Å². The van der Waals surface area contributed by atoms with Crippen LogP contribution in [0.15, 0.2) is 158 Å². The van der Waals surface area contributed by atoms with Crippen molar-refractivity contribution in [3.05, 3.63) is 174 Å². The van der Waals surface area contributed by atoms with Crippen molar-refractivity contribution in [3.8, 4) is 16.8 Å². The van der Waals surface area contributed by atoms with Crippen molar-refractivity contribution in [1.29, 1.82) is 0 Å². The summed E-state index contributed by atoms with van der Waals surface area (Å²) in [5.41, 5.74) is 17.8. The van der Waals surface area contributed by atoms with E-state index in [4.69, 9.17) is 0 Å². The molecule has 9 aromatic carbocycles. The third-order valence-corrected chi connectivity index (χ3v) is 15.5. The Morgan fingerprint density at radius 3 is 1.37 bits per heavy atom. The lowest BCUT2D eigenvalue weighted by Crippen LogP contribution is -2.11. The van der Waals surface area contributed by atoms with E-state index in [-0.39, 0.29) is 16.2 Å². The Kier molecular flexibility index (Phi) is 7.39. The van der Waals surface area contributed by atoms with Crippen LogP contribution in [0, 0.1) is 0 Å². The first-order valence-corrected chi connectivity index (χ1v) is 24.1. The van der Waals surface area contributed by atoms with Gasteiger partial charge in [0, 0.05) is 65.1 Å². The Hall–Kier alpha value is -7.36. The molecular formula is C64H53N3. The maximum absolute atomic E-state index is 2.66. The van der Waals surface area contributed by atoms with Crippen molar-refractivity contribution in [2.75, 3.05) is 0 Å². The lowest BCUT2D eigenvalue weighted by molar-refractivity contribution is 0.591. The van der Waals surface area contributed by atoms with Crippen molar-refractivity contribution in [2.24, 2.45) is 0 Å². The van der Waals surface area contributed by atoms with Gasteiger partial charge in [0.25, 0.3) is 0 Å². The van der Waals surface area contributed by atoms with Gasteiger partial charge in [0.05, 0.1) is 44.1 Å². The summed E-state index contributed by atoms with van der Waals surface area (Å²) in [6.07, 6.45) is 0. The third kappa shape index (κ3) is 5.23. The van der Waals surface area contributed by atoms with Crippen LogP contribution in [0.5, 0.6) is 0 Å². The summed E-state index contributed by atoms with van der Waals surface area (Å²) in [5.74, 6) is 0. The van der Waals surface area contributed by atoms with Gasteiger partial charge < -0.3 is 13.4 Å². The minimum atomic E-state index is -0.0663. The van der Waals surface area contributed by atoms with Crippen LogP contribution in [0.4, 0.5) is 0 Å². The predicted molar refractivity (Wildman–Crippen MR) is 289 cm³/mol. The molecule has 5 aromatic heterocycles. The molecule has 14 aromatic rings. The number of hydrogen-bond acceptors (Lipinski definition) is 0. The van der Waals surface area contributed by atoms with Crippen molar-refractivity contribution >= 4 is 109 Å². The molecule has 0 aliphatic carbocycles. The van der Waals surface area contributed by atoms with E-state index in [9.17, 15) is 0 Å². The van der Waals surface area contributed by atoms with Gasteiger partial charge in [-0.3, -0.25) is 0 Å². The van der Waals surface area contributed by atoms with Crippen LogP contribution in [0.2, 0.25) is 0 Å². The zero-order chi connectivity index (χ0) is 45.6. The van der Waals surface area contributed by atoms with Gasteiger partial charge in [-0.25, -0.2) is 0 Å². The van der Waals surface area contributed by atoms with Crippen LogP contribution in [0.1, 0.15) is 79.0 Å². The Balaban J connectivity index is 1.16. The number of nitrogens with zero attached hydrogens (tertiary/aromatic N) is 3. The van der Waals surface area contributed by atoms with Gasteiger partial charge in [0.1, 0.15) is 0 Å². The topological polar surface area (TPSA) is 13.8 Å². The first-order valence-electron chi connectivity index (χ1n) is 24.1. The second kappa shape index (κ2) is 12.7. The molecule has 0 atom stereocenters. The summed E-state index contributed by atoms with van der Waals surface area (Å²) >= 11 is 0. The monoisotopic (exact) mass is 863 g/mol. The number of rotatable bonds is 2. The maximum Gasteiger partial charge on any atom is 0.0620 e. The number of hydrogen-bond donors (Lipinski definition) is 0. The second-order valence-electron chi connectivity index (χ2n) is 22.7. The second-order valence-corrected chi connectivity index (χ2v) is 22.7. The van der Waals surface area contributed by atoms with Crippen LogP contribution < -0.4 is 0 Å². The molecule has 0 fully saturated rings. The van der Waals surface area contributed by atoms with Gasteiger partial charge >= 0.3 is 0 Å². The van der Waals surface area contributed by atoms with Gasteiger partial charge in [-0.1, -0.05) is 129 Å². The number of para-hydroxylation sites is 2. The van der Waals surface area contributed by atoms with E-state index in [0.717, 1.165) is 0 Å². The summed E-state index contributed by atoms with van der Waals surface area (Å²) in [6, 6.07) is 60.7. The average molecular weight is 864 g/mol. The van der Waals surface area contributed by atoms with E-state index >= 15 is 0 Å². The highest BCUT2D eigenvalue weighted by Gasteiger charge is 2.29. The van der Waals surface area contributed by atoms with E-state index in [1.54, 1.807) is 0 Å². The third-order valence-electron chi connectivity index (χ3n) is 15.5. The summed E-state index contributed by atoms with van der Waals surface area (Å²) in [5, 5.41) is 15.7. The minimum absolute atomic E-state index is 0.0218. The number of benzene rings is 9. The van der Waals surface area contributed by atoms with E-state index in [2.05, 4.69) is 233 Å². The summed E-state index contributed by atoms with van der Waals surface area (Å²) < 4.78 is 7.67. The van der Waals surface area contributed by atoms with Crippen molar-refractivity contribution in [2.45, 2.75) is 78.6 Å². The molecule has 0 unspecified atom stereocenters. The van der Waals surface area contributed by atoms with E-state index < -0.39 is 0 Å². The maximum atomic E-state index is 2.66. The van der Waals surface area contributed by atoms with Crippen molar-refractivity contribution in [3.63, 3.8) is 0 Å². The highest BCUT2D eigenvalue weighted by molar-refractivity contribution is 6.30. The fourth-order valence-electron chi connectivity index (χ4n) is 11.9. The fourth-order valence-corrected chi connectivity index (χ4v) is 11.9. The smallest absolute Gasteiger partial charge is 0.0620 e. The Morgan fingerprint density at radius 2 is 0.746 bits per heavy atom. The standard InChI is InChI=1S/C64H53N3/c1-62(2,3)39-28-44(38-23-24-55-45(26-38)43-21-15-16-22-54(43)65(55)42-19-11-10-12-20-42)59-52(32-39)53-33-41(64(7,8)9)31-51-48-34-57-47(35-58(48)67(59)61(51)53)50-30-40(63(4,5)6)29-49-46-25-36-17-13-14-18-37(36)27-56(46)66(57)60(49)50/h10-35H,1-9H3. The first kappa shape index (κ1) is 38.9. The molecule has 0 radical (unpaired) electrons. The Bertz CT molecular complexity index is 4410. The highest BCUT2D eigenvalue weighted by atomic mass is 15.0. The van der Waals surface area contributed by atoms with Crippen LogP contribution in [0.25, 0.3) is 126 Å². The predicted octanol–water partition coefficient (Wildman–Crippen LogP) is 17.8. The molecule has 3 nitrogen and oxygen atoms in total. The van der Waals surface area contributed by atoms with Crippen LogP contribution in [0.3, 0.4) is 0 Å². The lowest BCUT2D eigenvalue weighted by Gasteiger charge is -2.22. The Labute approximate surface area is 390 Å². The van der Waals surface area contributed by atoms with Crippen molar-refractivity contribution < 1.29 is 0 Å². The van der Waals surface area contributed by atoms with Gasteiger partial charge in [0.2, 0.25) is 0 Å². The van der Waals surface area contributed by atoms with E-state index in [1.807, 2.05) is 0 Å². The van der Waals surface area contributed by atoms with E-state index in [0.29, 0.717) is 0 Å². The van der Waals surface area contributed by atoms with Gasteiger partial charge in [-0.05, 0) is 140 Å². The molecule has 67 heavy (non-hydrogen) atoms. The molecule has 0 saturated heterocycles. The quantitative estimate of drug-likeness (QED) is 0.164. The molecule has 0 saturated carbocycles. The molecule has 0 N–H and O–H groups in total. The fraction of sp³-hybridized carbons (Fsp3) is 0.188. The zero-order valence-electron chi connectivity index (χ0n) is 39.9. The molecule has 14 rings (SSSR count). The normalized spacial score (nSPS) is 13.4. The highest BCUT2D eigenvalue weighted by Crippen LogP contribution is 2.50. The molecule has 0 spiro atoms. The zero-order valence-corrected chi connectivity index (χ0v) is 39.9. The van der Waals surface area contributed by atoms with Crippen LogP contribution in [-0.2, 0) is 16.2 Å². The number of fused-ring (bicyclic) bond motifs is 16. The molecule has 324 valence electrons. The molecule has 0 aliphatic rings. The molecular weight excluding hydrogens is 811 g/mol. The molecule has 0 aliphatic heterocycles. The van der Waals surface area contributed by atoms with Crippen LogP contribution >= 0.6 is 0 Å². The largest absolute Gasteiger partial charge is 0.309 e.